The van der Waals surface area contributed by atoms with Crippen LogP contribution in [0.5, 0.6) is 0 Å². The number of aliphatic carboxylic acids is 1. The fourth-order valence-electron chi connectivity index (χ4n) is 2.19. The Kier molecular flexibility index (Phi) is 4.92. The van der Waals surface area contributed by atoms with E-state index in [9.17, 15) is 4.79 Å². The van der Waals surface area contributed by atoms with E-state index in [1.807, 2.05) is 24.3 Å². The van der Waals surface area contributed by atoms with E-state index >= 15 is 0 Å². The first kappa shape index (κ1) is 13.7. The molecule has 1 aliphatic heterocycles. The summed E-state index contributed by atoms with van der Waals surface area (Å²) < 4.78 is 0. The Balaban J connectivity index is 1.78. The molecule has 0 aliphatic carbocycles. The second kappa shape index (κ2) is 6.45. The molecule has 1 heterocycles. The normalized spacial score (nSPS) is 20.2. The summed E-state index contributed by atoms with van der Waals surface area (Å²) >= 11 is 7.56. The van der Waals surface area contributed by atoms with E-state index in [-0.39, 0.29) is 6.04 Å². The maximum absolute atomic E-state index is 11.0. The first-order valence-corrected chi connectivity index (χ1v) is 7.38. The van der Waals surface area contributed by atoms with Crippen LogP contribution in [0, 0.1) is 0 Å². The molecule has 18 heavy (non-hydrogen) atoms. The van der Waals surface area contributed by atoms with E-state index < -0.39 is 5.97 Å². The van der Waals surface area contributed by atoms with Crippen LogP contribution in [0.15, 0.2) is 29.2 Å². The lowest BCUT2D eigenvalue weighted by molar-refractivity contribution is -0.142. The van der Waals surface area contributed by atoms with Crippen molar-refractivity contribution < 1.29 is 9.90 Å². The van der Waals surface area contributed by atoms with Crippen molar-refractivity contribution in [2.45, 2.75) is 23.8 Å². The Bertz CT molecular complexity index is 410. The summed E-state index contributed by atoms with van der Waals surface area (Å²) in [6.45, 7) is 1.72. The number of thioether (sulfide) groups is 1. The Morgan fingerprint density at radius 2 is 2.17 bits per heavy atom. The molecule has 0 bridgehead atoms. The fraction of sp³-hybridized carbons (Fsp3) is 0.462. The number of hydrogen-bond donors (Lipinski definition) is 1. The number of likely N-dealkylation sites (tertiary alicyclic amines) is 1. The second-order valence-electron chi connectivity index (χ2n) is 4.33. The quantitative estimate of drug-likeness (QED) is 0.845. The summed E-state index contributed by atoms with van der Waals surface area (Å²) in [4.78, 5) is 14.3. The predicted molar refractivity (Wildman–Crippen MR) is 74.4 cm³/mol. The van der Waals surface area contributed by atoms with Crippen molar-refractivity contribution in [2.24, 2.45) is 0 Å². The number of carboxylic acids is 1. The molecule has 0 amide bonds. The molecule has 1 saturated heterocycles. The molecule has 0 spiro atoms. The van der Waals surface area contributed by atoms with E-state index in [0.29, 0.717) is 0 Å². The number of hydrogen-bond acceptors (Lipinski definition) is 3. The minimum atomic E-state index is -0.691. The van der Waals surface area contributed by atoms with E-state index in [4.69, 9.17) is 16.7 Å². The number of rotatable bonds is 5. The first-order valence-electron chi connectivity index (χ1n) is 6.02. The zero-order chi connectivity index (χ0) is 13.0. The summed E-state index contributed by atoms with van der Waals surface area (Å²) in [6.07, 6.45) is 1.77. The molecule has 98 valence electrons. The predicted octanol–water partition coefficient (Wildman–Crippen LogP) is 2.98. The average molecular weight is 286 g/mol. The molecule has 1 fully saturated rings. The molecule has 0 radical (unpaired) electrons. The maximum Gasteiger partial charge on any atom is 0.320 e. The van der Waals surface area contributed by atoms with Crippen molar-refractivity contribution in [2.75, 3.05) is 18.8 Å². The van der Waals surface area contributed by atoms with Gasteiger partial charge >= 0.3 is 5.97 Å². The van der Waals surface area contributed by atoms with Crippen molar-refractivity contribution in [3.05, 3.63) is 29.3 Å². The molecule has 5 heteroatoms. The van der Waals surface area contributed by atoms with Crippen LogP contribution in [0.25, 0.3) is 0 Å². The molecule has 1 aromatic carbocycles. The number of nitrogens with zero attached hydrogens (tertiary/aromatic N) is 1. The number of halogens is 1. The molecule has 1 unspecified atom stereocenters. The van der Waals surface area contributed by atoms with Crippen LogP contribution in [0.3, 0.4) is 0 Å². The van der Waals surface area contributed by atoms with Gasteiger partial charge < -0.3 is 5.11 Å². The molecular weight excluding hydrogens is 270 g/mol. The zero-order valence-electron chi connectivity index (χ0n) is 10.0. The summed E-state index contributed by atoms with van der Waals surface area (Å²) in [7, 11) is 0. The summed E-state index contributed by atoms with van der Waals surface area (Å²) in [5, 5.41) is 9.81. The van der Waals surface area contributed by atoms with Gasteiger partial charge in [-0.3, -0.25) is 9.69 Å². The van der Waals surface area contributed by atoms with E-state index in [1.54, 1.807) is 11.8 Å². The Morgan fingerprint density at radius 3 is 2.83 bits per heavy atom. The van der Waals surface area contributed by atoms with Crippen molar-refractivity contribution in [3.63, 3.8) is 0 Å². The second-order valence-corrected chi connectivity index (χ2v) is 5.94. The topological polar surface area (TPSA) is 40.5 Å². The van der Waals surface area contributed by atoms with Crippen LogP contribution in [0.4, 0.5) is 0 Å². The van der Waals surface area contributed by atoms with E-state index in [1.165, 1.54) is 4.90 Å². The molecular formula is C13H16ClNO2S. The largest absolute Gasteiger partial charge is 0.480 e. The fourth-order valence-corrected chi connectivity index (χ4v) is 3.20. The Labute approximate surface area is 116 Å². The van der Waals surface area contributed by atoms with Crippen molar-refractivity contribution >= 4 is 29.3 Å². The van der Waals surface area contributed by atoms with Gasteiger partial charge in [0.15, 0.2) is 0 Å². The van der Waals surface area contributed by atoms with Crippen molar-refractivity contribution in [1.29, 1.82) is 0 Å². The average Bonchev–Trinajstić information content (AvgIpc) is 2.80. The van der Waals surface area contributed by atoms with Gasteiger partial charge in [0, 0.05) is 22.2 Å². The van der Waals surface area contributed by atoms with Crippen LogP contribution in [0.1, 0.15) is 12.8 Å². The third-order valence-corrected chi connectivity index (χ3v) is 4.35. The van der Waals surface area contributed by atoms with Crippen molar-refractivity contribution in [3.8, 4) is 0 Å². The van der Waals surface area contributed by atoms with Crippen LogP contribution < -0.4 is 0 Å². The van der Waals surface area contributed by atoms with Crippen LogP contribution in [-0.4, -0.2) is 40.9 Å². The zero-order valence-corrected chi connectivity index (χ0v) is 11.6. The van der Waals surface area contributed by atoms with Crippen molar-refractivity contribution in [1.82, 2.24) is 4.90 Å². The van der Waals surface area contributed by atoms with Crippen LogP contribution in [-0.2, 0) is 4.79 Å². The lowest BCUT2D eigenvalue weighted by atomic mass is 10.2. The molecule has 3 nitrogen and oxygen atoms in total. The summed E-state index contributed by atoms with van der Waals surface area (Å²) in [6, 6.07) is 7.45. The number of carbonyl (C=O) groups is 1. The lowest BCUT2D eigenvalue weighted by Gasteiger charge is -2.20. The molecule has 2 rings (SSSR count). The van der Waals surface area contributed by atoms with E-state index in [0.717, 1.165) is 36.7 Å². The Hall–Kier alpha value is -0.710. The van der Waals surface area contributed by atoms with Gasteiger partial charge in [-0.15, -0.1) is 11.8 Å². The van der Waals surface area contributed by atoms with Gasteiger partial charge in [-0.2, -0.15) is 0 Å². The molecule has 1 N–H and O–H groups in total. The minimum absolute atomic E-state index is 0.282. The van der Waals surface area contributed by atoms with Gasteiger partial charge in [-0.1, -0.05) is 11.6 Å². The minimum Gasteiger partial charge on any atom is -0.480 e. The molecule has 0 aromatic heterocycles. The van der Waals surface area contributed by atoms with Crippen LogP contribution >= 0.6 is 23.4 Å². The number of benzene rings is 1. The van der Waals surface area contributed by atoms with Gasteiger partial charge in [0.05, 0.1) is 0 Å². The standard InChI is InChI=1S/C13H16ClNO2S/c14-10-3-5-11(6-4-10)18-9-8-15-7-1-2-12(15)13(16)17/h3-6,12H,1-2,7-9H2,(H,16,17). The highest BCUT2D eigenvalue weighted by Crippen LogP contribution is 2.22. The molecule has 1 aromatic rings. The Morgan fingerprint density at radius 1 is 1.44 bits per heavy atom. The number of carboxylic acid groups (broad SMARTS) is 1. The smallest absolute Gasteiger partial charge is 0.320 e. The van der Waals surface area contributed by atoms with Crippen LogP contribution in [0.2, 0.25) is 5.02 Å². The van der Waals surface area contributed by atoms with Gasteiger partial charge in [0.2, 0.25) is 0 Å². The summed E-state index contributed by atoms with van der Waals surface area (Å²) in [5.74, 6) is 0.217. The highest BCUT2D eigenvalue weighted by molar-refractivity contribution is 7.99. The highest BCUT2D eigenvalue weighted by Gasteiger charge is 2.29. The molecule has 0 saturated carbocycles. The summed E-state index contributed by atoms with van der Waals surface area (Å²) in [5.41, 5.74) is 0. The first-order chi connectivity index (χ1) is 8.66. The lowest BCUT2D eigenvalue weighted by Crippen LogP contribution is -2.37. The van der Waals surface area contributed by atoms with Gasteiger partial charge in [0.25, 0.3) is 0 Å². The third kappa shape index (κ3) is 3.64. The molecule has 1 atom stereocenters. The van der Waals surface area contributed by atoms with Gasteiger partial charge in [-0.05, 0) is 43.7 Å². The SMILES string of the molecule is O=C(O)C1CCCN1CCSc1ccc(Cl)cc1. The van der Waals surface area contributed by atoms with Gasteiger partial charge in [0.1, 0.15) is 6.04 Å². The van der Waals surface area contributed by atoms with Gasteiger partial charge in [-0.25, -0.2) is 0 Å². The third-order valence-electron chi connectivity index (χ3n) is 3.11. The van der Waals surface area contributed by atoms with E-state index in [2.05, 4.69) is 4.90 Å². The maximum atomic E-state index is 11.0. The monoisotopic (exact) mass is 285 g/mol. The molecule has 1 aliphatic rings. The highest BCUT2D eigenvalue weighted by atomic mass is 35.5.